The third-order valence-electron chi connectivity index (χ3n) is 3.66. The largest absolute Gasteiger partial charge is 0.487 e. The summed E-state index contributed by atoms with van der Waals surface area (Å²) in [5.41, 5.74) is 1.67. The molecule has 0 atom stereocenters. The monoisotopic (exact) mass is 468 g/mol. The third-order valence-corrected chi connectivity index (χ3v) is 5.94. The van der Waals surface area contributed by atoms with Gasteiger partial charge in [0.15, 0.2) is 0 Å². The molecular formula is C17H14Br2N2O2S. The first-order valence-electron chi connectivity index (χ1n) is 7.15. The van der Waals surface area contributed by atoms with Crippen molar-refractivity contribution in [1.29, 1.82) is 0 Å². The number of rotatable bonds is 4. The average Bonchev–Trinajstić information content (AvgIpc) is 2.81. The number of nitrogens with zero attached hydrogens (tertiary/aromatic N) is 1. The van der Waals surface area contributed by atoms with Crippen molar-refractivity contribution in [2.24, 2.45) is 0 Å². The zero-order valence-corrected chi connectivity index (χ0v) is 17.1. The Bertz CT molecular complexity index is 985. The molecule has 1 aromatic carbocycles. The first-order valence-corrected chi connectivity index (χ1v) is 9.55. The summed E-state index contributed by atoms with van der Waals surface area (Å²) < 4.78 is 7.16. The second-order valence-corrected chi connectivity index (χ2v) is 8.16. The van der Waals surface area contributed by atoms with E-state index in [2.05, 4.69) is 48.4 Å². The van der Waals surface area contributed by atoms with Crippen molar-refractivity contribution >= 4 is 53.4 Å². The molecule has 0 aliphatic rings. The number of hydrogen-bond acceptors (Lipinski definition) is 4. The Labute approximate surface area is 159 Å². The number of fused-ring (bicyclic) bond motifs is 1. The zero-order valence-electron chi connectivity index (χ0n) is 13.1. The number of benzene rings is 1. The standard InChI is InChI=1S/C17H14Br2N2O2S/c1-4-5-23-14-11(18)6-10(7-12(14)19)15-20-16(22)13-8(2)9(3)24-17(13)21-15/h4,6-7H,1,5H2,2-3H3,(H,20,21,22). The van der Waals surface area contributed by atoms with Crippen LogP contribution in [0.2, 0.25) is 0 Å². The summed E-state index contributed by atoms with van der Waals surface area (Å²) in [5, 5.41) is 0.672. The van der Waals surface area contributed by atoms with Crippen LogP contribution in [0.4, 0.5) is 0 Å². The Kier molecular flexibility index (Phi) is 4.94. The van der Waals surface area contributed by atoms with Crippen LogP contribution < -0.4 is 10.3 Å². The SMILES string of the molecule is C=CCOc1c(Br)cc(-c2nc3sc(C)c(C)c3c(=O)[nH]2)cc1Br. The van der Waals surface area contributed by atoms with Crippen LogP contribution in [0.25, 0.3) is 21.6 Å². The Morgan fingerprint density at radius 3 is 2.62 bits per heavy atom. The maximum atomic E-state index is 12.4. The molecule has 2 heterocycles. The number of aromatic nitrogens is 2. The van der Waals surface area contributed by atoms with Crippen LogP contribution in [0.15, 0.2) is 38.5 Å². The van der Waals surface area contributed by atoms with E-state index in [1.165, 1.54) is 11.3 Å². The molecular weight excluding hydrogens is 456 g/mol. The molecule has 0 amide bonds. The van der Waals surface area contributed by atoms with Gasteiger partial charge in [-0.25, -0.2) is 4.98 Å². The van der Waals surface area contributed by atoms with Crippen LogP contribution in [-0.4, -0.2) is 16.6 Å². The Balaban J connectivity index is 2.14. The van der Waals surface area contributed by atoms with Gasteiger partial charge in [0.2, 0.25) is 0 Å². The first kappa shape index (κ1) is 17.4. The van der Waals surface area contributed by atoms with Crippen molar-refractivity contribution in [3.8, 4) is 17.1 Å². The van der Waals surface area contributed by atoms with Gasteiger partial charge in [-0.1, -0.05) is 12.7 Å². The van der Waals surface area contributed by atoms with Crippen molar-refractivity contribution in [2.45, 2.75) is 13.8 Å². The fourth-order valence-corrected chi connectivity index (χ4v) is 4.81. The molecule has 0 saturated heterocycles. The van der Waals surface area contributed by atoms with Gasteiger partial charge < -0.3 is 9.72 Å². The minimum atomic E-state index is -0.115. The predicted molar refractivity (Wildman–Crippen MR) is 106 cm³/mol. The highest BCUT2D eigenvalue weighted by molar-refractivity contribution is 9.11. The molecule has 4 nitrogen and oxygen atoms in total. The summed E-state index contributed by atoms with van der Waals surface area (Å²) in [6, 6.07) is 3.75. The van der Waals surface area contributed by atoms with Crippen LogP contribution in [0.3, 0.4) is 0 Å². The molecule has 0 radical (unpaired) electrons. The van der Waals surface area contributed by atoms with Crippen molar-refractivity contribution in [1.82, 2.24) is 9.97 Å². The molecule has 0 saturated carbocycles. The predicted octanol–water partition coefficient (Wildman–Crippen LogP) is 5.36. The Morgan fingerprint density at radius 1 is 1.33 bits per heavy atom. The lowest BCUT2D eigenvalue weighted by molar-refractivity contribution is 0.358. The van der Waals surface area contributed by atoms with Crippen molar-refractivity contribution < 1.29 is 4.74 Å². The van der Waals surface area contributed by atoms with E-state index in [0.29, 0.717) is 23.6 Å². The molecule has 24 heavy (non-hydrogen) atoms. The average molecular weight is 470 g/mol. The number of halogens is 2. The van der Waals surface area contributed by atoms with E-state index in [0.717, 1.165) is 29.8 Å². The van der Waals surface area contributed by atoms with E-state index in [9.17, 15) is 4.79 Å². The van der Waals surface area contributed by atoms with E-state index >= 15 is 0 Å². The highest BCUT2D eigenvalue weighted by Gasteiger charge is 2.15. The molecule has 124 valence electrons. The van der Waals surface area contributed by atoms with Crippen molar-refractivity contribution in [3.63, 3.8) is 0 Å². The van der Waals surface area contributed by atoms with E-state index in [-0.39, 0.29) is 5.56 Å². The van der Waals surface area contributed by atoms with Gasteiger partial charge in [-0.2, -0.15) is 0 Å². The van der Waals surface area contributed by atoms with Crippen LogP contribution >= 0.6 is 43.2 Å². The Morgan fingerprint density at radius 2 is 2.00 bits per heavy atom. The normalized spacial score (nSPS) is 11.0. The molecule has 7 heteroatoms. The summed E-state index contributed by atoms with van der Waals surface area (Å²) in [5.74, 6) is 1.22. The number of H-pyrrole nitrogens is 1. The number of hydrogen-bond donors (Lipinski definition) is 1. The lowest BCUT2D eigenvalue weighted by atomic mass is 10.2. The van der Waals surface area contributed by atoms with Crippen LogP contribution in [0.5, 0.6) is 5.75 Å². The molecule has 0 spiro atoms. The summed E-state index contributed by atoms with van der Waals surface area (Å²) in [4.78, 5) is 21.8. The number of thiophene rings is 1. The van der Waals surface area contributed by atoms with Gasteiger partial charge in [0.1, 0.15) is 23.0 Å². The molecule has 3 rings (SSSR count). The van der Waals surface area contributed by atoms with Gasteiger partial charge in [0.25, 0.3) is 5.56 Å². The summed E-state index contributed by atoms with van der Waals surface area (Å²) >= 11 is 8.54. The summed E-state index contributed by atoms with van der Waals surface area (Å²) in [6.07, 6.45) is 1.68. The zero-order chi connectivity index (χ0) is 17.4. The van der Waals surface area contributed by atoms with Gasteiger partial charge in [-0.05, 0) is 63.4 Å². The second-order valence-electron chi connectivity index (χ2n) is 5.25. The van der Waals surface area contributed by atoms with Crippen LogP contribution in [-0.2, 0) is 0 Å². The molecule has 0 bridgehead atoms. The van der Waals surface area contributed by atoms with Crippen molar-refractivity contribution in [3.05, 3.63) is 54.5 Å². The summed E-state index contributed by atoms with van der Waals surface area (Å²) in [7, 11) is 0. The molecule has 0 unspecified atom stereocenters. The van der Waals surface area contributed by atoms with Gasteiger partial charge in [0.05, 0.1) is 14.3 Å². The fraction of sp³-hybridized carbons (Fsp3) is 0.176. The smallest absolute Gasteiger partial charge is 0.260 e. The number of ether oxygens (including phenoxy) is 1. The van der Waals surface area contributed by atoms with E-state index in [4.69, 9.17) is 4.74 Å². The highest BCUT2D eigenvalue weighted by Crippen LogP contribution is 2.37. The number of nitrogens with one attached hydrogen (secondary N) is 1. The van der Waals surface area contributed by atoms with Crippen LogP contribution in [0, 0.1) is 13.8 Å². The second kappa shape index (κ2) is 6.82. The summed E-state index contributed by atoms with van der Waals surface area (Å²) in [6.45, 7) is 8.00. The first-order chi connectivity index (χ1) is 11.4. The number of aromatic amines is 1. The molecule has 0 aliphatic carbocycles. The quantitative estimate of drug-likeness (QED) is 0.523. The molecule has 3 aromatic rings. The lowest BCUT2D eigenvalue weighted by Gasteiger charge is -2.10. The van der Waals surface area contributed by atoms with E-state index < -0.39 is 0 Å². The van der Waals surface area contributed by atoms with Gasteiger partial charge in [-0.3, -0.25) is 4.79 Å². The minimum Gasteiger partial charge on any atom is -0.487 e. The van der Waals surface area contributed by atoms with Gasteiger partial charge in [-0.15, -0.1) is 11.3 Å². The van der Waals surface area contributed by atoms with Gasteiger partial charge >= 0.3 is 0 Å². The Hall–Kier alpha value is -1.44. The maximum Gasteiger partial charge on any atom is 0.260 e. The molecule has 2 aromatic heterocycles. The molecule has 1 N–H and O–H groups in total. The van der Waals surface area contributed by atoms with E-state index in [1.807, 2.05) is 26.0 Å². The topological polar surface area (TPSA) is 55.0 Å². The molecule has 0 fully saturated rings. The number of aryl methyl sites for hydroxylation is 2. The fourth-order valence-electron chi connectivity index (χ4n) is 2.37. The minimum absolute atomic E-state index is 0.115. The van der Waals surface area contributed by atoms with Crippen LogP contribution in [0.1, 0.15) is 10.4 Å². The highest BCUT2D eigenvalue weighted by atomic mass is 79.9. The maximum absolute atomic E-state index is 12.4. The lowest BCUT2D eigenvalue weighted by Crippen LogP contribution is -2.09. The van der Waals surface area contributed by atoms with E-state index in [1.54, 1.807) is 6.08 Å². The molecule has 0 aliphatic heterocycles. The van der Waals surface area contributed by atoms with Gasteiger partial charge in [0, 0.05) is 10.4 Å². The van der Waals surface area contributed by atoms with Crippen molar-refractivity contribution in [2.75, 3.05) is 6.61 Å². The third kappa shape index (κ3) is 3.08.